The van der Waals surface area contributed by atoms with Crippen LogP contribution in [-0.4, -0.2) is 14.6 Å². The molecule has 0 bridgehead atoms. The summed E-state index contributed by atoms with van der Waals surface area (Å²) in [5.74, 6) is 0.589. The molecule has 0 fully saturated rings. The molecule has 3 aromatic rings. The van der Waals surface area contributed by atoms with Crippen LogP contribution in [0.5, 0.6) is 0 Å². The van der Waals surface area contributed by atoms with Crippen molar-refractivity contribution in [3.05, 3.63) is 47.7 Å². The molecule has 1 aromatic carbocycles. The highest BCUT2D eigenvalue weighted by Gasteiger charge is 2.11. The average molecular weight is 249 g/mol. The van der Waals surface area contributed by atoms with E-state index in [-0.39, 0.29) is 0 Å². The Kier molecular flexibility index (Phi) is 2.43. The SMILES string of the molecule is Cc1ccc(C#N)c2nc(-c3ccc(N)cc3)nn12. The van der Waals surface area contributed by atoms with Gasteiger partial charge in [0.2, 0.25) is 0 Å². The fourth-order valence-electron chi connectivity index (χ4n) is 1.92. The molecule has 19 heavy (non-hydrogen) atoms. The average Bonchev–Trinajstić information content (AvgIpc) is 2.86. The maximum absolute atomic E-state index is 9.10. The number of anilines is 1. The van der Waals surface area contributed by atoms with E-state index in [1.165, 1.54) is 0 Å². The van der Waals surface area contributed by atoms with Crippen LogP contribution in [0.25, 0.3) is 17.0 Å². The van der Waals surface area contributed by atoms with Gasteiger partial charge in [-0.1, -0.05) is 0 Å². The molecule has 0 aliphatic carbocycles. The van der Waals surface area contributed by atoms with E-state index in [1.807, 2.05) is 25.1 Å². The normalized spacial score (nSPS) is 10.5. The van der Waals surface area contributed by atoms with Gasteiger partial charge in [0.05, 0.1) is 5.56 Å². The lowest BCUT2D eigenvalue weighted by molar-refractivity contribution is 0.916. The van der Waals surface area contributed by atoms with Gasteiger partial charge in [0.25, 0.3) is 0 Å². The molecule has 2 heterocycles. The second kappa shape index (κ2) is 4.10. The van der Waals surface area contributed by atoms with Gasteiger partial charge in [0, 0.05) is 16.9 Å². The van der Waals surface area contributed by atoms with Crippen molar-refractivity contribution in [3.63, 3.8) is 0 Å². The number of nitriles is 1. The number of aryl methyl sites for hydroxylation is 1. The lowest BCUT2D eigenvalue weighted by atomic mass is 10.2. The fourth-order valence-corrected chi connectivity index (χ4v) is 1.92. The van der Waals surface area contributed by atoms with Gasteiger partial charge in [-0.05, 0) is 43.3 Å². The summed E-state index contributed by atoms with van der Waals surface area (Å²) in [6, 6.07) is 13.1. The maximum Gasteiger partial charge on any atom is 0.182 e. The highest BCUT2D eigenvalue weighted by Crippen LogP contribution is 2.20. The number of nitrogens with two attached hydrogens (primary N) is 1. The molecule has 3 rings (SSSR count). The highest BCUT2D eigenvalue weighted by atomic mass is 15.3. The molecule has 0 atom stereocenters. The van der Waals surface area contributed by atoms with Crippen molar-refractivity contribution in [2.24, 2.45) is 0 Å². The molecule has 0 aliphatic rings. The van der Waals surface area contributed by atoms with Crippen molar-refractivity contribution in [2.45, 2.75) is 6.92 Å². The largest absolute Gasteiger partial charge is 0.399 e. The summed E-state index contributed by atoms with van der Waals surface area (Å²) in [5.41, 5.74) is 9.26. The van der Waals surface area contributed by atoms with E-state index in [0.717, 1.165) is 11.3 Å². The zero-order valence-electron chi connectivity index (χ0n) is 10.3. The van der Waals surface area contributed by atoms with Crippen LogP contribution in [0, 0.1) is 18.3 Å². The summed E-state index contributed by atoms with van der Waals surface area (Å²) < 4.78 is 1.68. The molecular weight excluding hydrogens is 238 g/mol. The van der Waals surface area contributed by atoms with E-state index in [9.17, 15) is 0 Å². The topological polar surface area (TPSA) is 80.0 Å². The predicted octanol–water partition coefficient (Wildman–Crippen LogP) is 2.16. The maximum atomic E-state index is 9.10. The number of hydrogen-bond acceptors (Lipinski definition) is 4. The highest BCUT2D eigenvalue weighted by molar-refractivity contribution is 5.64. The summed E-state index contributed by atoms with van der Waals surface area (Å²) in [7, 11) is 0. The Morgan fingerprint density at radius 3 is 2.58 bits per heavy atom. The Labute approximate surface area is 109 Å². The number of fused-ring (bicyclic) bond motifs is 1. The van der Waals surface area contributed by atoms with Crippen molar-refractivity contribution in [1.82, 2.24) is 14.6 Å². The number of nitrogens with zero attached hydrogens (tertiary/aromatic N) is 4. The van der Waals surface area contributed by atoms with Gasteiger partial charge in [-0.15, -0.1) is 5.10 Å². The molecule has 0 radical (unpaired) electrons. The molecule has 2 N–H and O–H groups in total. The van der Waals surface area contributed by atoms with E-state index in [2.05, 4.69) is 16.2 Å². The molecule has 0 saturated heterocycles. The lowest BCUT2D eigenvalue weighted by Gasteiger charge is -1.97. The van der Waals surface area contributed by atoms with Gasteiger partial charge in [-0.2, -0.15) is 5.26 Å². The first-order valence-electron chi connectivity index (χ1n) is 5.81. The fraction of sp³-hybridized carbons (Fsp3) is 0.0714. The Balaban J connectivity index is 2.24. The first-order valence-corrected chi connectivity index (χ1v) is 5.81. The summed E-state index contributed by atoms with van der Waals surface area (Å²) in [4.78, 5) is 4.43. The van der Waals surface area contributed by atoms with Crippen molar-refractivity contribution < 1.29 is 0 Å². The van der Waals surface area contributed by atoms with Crippen LogP contribution >= 0.6 is 0 Å². The Hall–Kier alpha value is -2.87. The van der Waals surface area contributed by atoms with Crippen LogP contribution in [0.1, 0.15) is 11.3 Å². The zero-order valence-corrected chi connectivity index (χ0v) is 10.3. The first kappa shape index (κ1) is 11.2. The standard InChI is InChI=1S/C14H11N5/c1-9-2-3-11(8-15)14-17-13(18-19(9)14)10-4-6-12(16)7-5-10/h2-7H,16H2,1H3. The molecule has 0 amide bonds. The smallest absolute Gasteiger partial charge is 0.182 e. The second-order valence-corrected chi connectivity index (χ2v) is 4.29. The van der Waals surface area contributed by atoms with Crippen molar-refractivity contribution in [2.75, 3.05) is 5.73 Å². The number of benzene rings is 1. The quantitative estimate of drug-likeness (QED) is 0.670. The van der Waals surface area contributed by atoms with Crippen LogP contribution in [0.3, 0.4) is 0 Å². The van der Waals surface area contributed by atoms with Gasteiger partial charge in [-0.3, -0.25) is 0 Å². The van der Waals surface area contributed by atoms with E-state index in [1.54, 1.807) is 22.7 Å². The van der Waals surface area contributed by atoms with E-state index in [0.29, 0.717) is 22.7 Å². The van der Waals surface area contributed by atoms with Crippen LogP contribution in [0.15, 0.2) is 36.4 Å². The third-order valence-electron chi connectivity index (χ3n) is 2.96. The first-order chi connectivity index (χ1) is 9.19. The minimum Gasteiger partial charge on any atom is -0.399 e. The van der Waals surface area contributed by atoms with Gasteiger partial charge in [-0.25, -0.2) is 9.50 Å². The van der Waals surface area contributed by atoms with Crippen LogP contribution in [0.2, 0.25) is 0 Å². The van der Waals surface area contributed by atoms with Crippen molar-refractivity contribution in [1.29, 1.82) is 5.26 Å². The van der Waals surface area contributed by atoms with Crippen LogP contribution in [0.4, 0.5) is 5.69 Å². The van der Waals surface area contributed by atoms with E-state index >= 15 is 0 Å². The molecule has 5 nitrogen and oxygen atoms in total. The second-order valence-electron chi connectivity index (χ2n) is 4.29. The van der Waals surface area contributed by atoms with Crippen molar-refractivity contribution in [3.8, 4) is 17.5 Å². The number of aromatic nitrogens is 3. The molecule has 0 spiro atoms. The number of hydrogen-bond donors (Lipinski definition) is 1. The number of nitrogen functional groups attached to an aromatic ring is 1. The third kappa shape index (κ3) is 1.79. The summed E-state index contributed by atoms with van der Waals surface area (Å²) in [5, 5.41) is 13.5. The molecule has 5 heteroatoms. The molecular formula is C14H11N5. The van der Waals surface area contributed by atoms with Gasteiger partial charge in [0.1, 0.15) is 6.07 Å². The minimum atomic E-state index is 0.514. The van der Waals surface area contributed by atoms with Crippen LogP contribution in [-0.2, 0) is 0 Å². The Morgan fingerprint density at radius 2 is 1.89 bits per heavy atom. The van der Waals surface area contributed by atoms with E-state index < -0.39 is 0 Å². The number of pyridine rings is 1. The Morgan fingerprint density at radius 1 is 1.16 bits per heavy atom. The van der Waals surface area contributed by atoms with Gasteiger partial charge < -0.3 is 5.73 Å². The summed E-state index contributed by atoms with van der Waals surface area (Å²) >= 11 is 0. The summed E-state index contributed by atoms with van der Waals surface area (Å²) in [6.07, 6.45) is 0. The Bertz CT molecular complexity index is 793. The van der Waals surface area contributed by atoms with Crippen molar-refractivity contribution >= 4 is 11.3 Å². The minimum absolute atomic E-state index is 0.514. The molecule has 0 unspecified atom stereocenters. The lowest BCUT2D eigenvalue weighted by Crippen LogP contribution is -1.95. The molecule has 2 aromatic heterocycles. The predicted molar refractivity (Wildman–Crippen MR) is 72.3 cm³/mol. The molecule has 0 saturated carbocycles. The number of rotatable bonds is 1. The van der Waals surface area contributed by atoms with E-state index in [4.69, 9.17) is 11.0 Å². The zero-order chi connectivity index (χ0) is 13.4. The van der Waals surface area contributed by atoms with Crippen LogP contribution < -0.4 is 5.73 Å². The molecule has 0 aliphatic heterocycles. The third-order valence-corrected chi connectivity index (χ3v) is 2.96. The summed E-state index contributed by atoms with van der Waals surface area (Å²) in [6.45, 7) is 1.93. The molecule has 92 valence electrons. The van der Waals surface area contributed by atoms with Gasteiger partial charge in [0.15, 0.2) is 11.5 Å². The van der Waals surface area contributed by atoms with Gasteiger partial charge >= 0.3 is 0 Å². The monoisotopic (exact) mass is 249 g/mol.